The van der Waals surface area contributed by atoms with Crippen molar-refractivity contribution >= 4 is 17.5 Å². The molecular weight excluding hydrogens is 390 g/mol. The third-order valence-electron chi connectivity index (χ3n) is 5.28. The van der Waals surface area contributed by atoms with Gasteiger partial charge in [0.25, 0.3) is 5.91 Å². The molecule has 1 aromatic carbocycles. The van der Waals surface area contributed by atoms with Crippen LogP contribution >= 0.6 is 11.6 Å². The smallest absolute Gasteiger partial charge is 0.273 e. The Bertz CT molecular complexity index is 1020. The van der Waals surface area contributed by atoms with Gasteiger partial charge in [-0.1, -0.05) is 28.9 Å². The second kappa shape index (κ2) is 7.61. The second-order valence-electron chi connectivity index (χ2n) is 7.86. The number of benzene rings is 1. The maximum absolute atomic E-state index is 12.3. The van der Waals surface area contributed by atoms with Crippen molar-refractivity contribution < 1.29 is 4.79 Å². The topological polar surface area (TPSA) is 80.9 Å². The molecule has 9 heteroatoms. The molecule has 0 unspecified atom stereocenters. The first-order valence-corrected chi connectivity index (χ1v) is 10.2. The Morgan fingerprint density at radius 2 is 2.03 bits per heavy atom. The summed E-state index contributed by atoms with van der Waals surface area (Å²) in [5.41, 5.74) is 2.68. The van der Waals surface area contributed by atoms with Gasteiger partial charge in [-0.2, -0.15) is 5.10 Å². The van der Waals surface area contributed by atoms with Gasteiger partial charge in [0.1, 0.15) is 0 Å². The summed E-state index contributed by atoms with van der Waals surface area (Å²) in [6.07, 6.45) is 7.95. The Morgan fingerprint density at radius 3 is 2.83 bits per heavy atom. The predicted molar refractivity (Wildman–Crippen MR) is 108 cm³/mol. The Kier molecular flexibility index (Phi) is 4.81. The van der Waals surface area contributed by atoms with Crippen molar-refractivity contribution in [2.45, 2.75) is 38.0 Å². The first kappa shape index (κ1) is 18.3. The molecule has 29 heavy (non-hydrogen) atoms. The lowest BCUT2D eigenvalue weighted by Crippen LogP contribution is -2.58. The molecule has 2 aliphatic rings. The molecule has 1 aliphatic heterocycles. The van der Waals surface area contributed by atoms with Crippen LogP contribution in [0, 0.1) is 0 Å². The van der Waals surface area contributed by atoms with Gasteiger partial charge in [0.15, 0.2) is 5.69 Å². The Balaban J connectivity index is 1.08. The highest BCUT2D eigenvalue weighted by atomic mass is 35.5. The lowest BCUT2D eigenvalue weighted by atomic mass is 10.1. The van der Waals surface area contributed by atoms with Gasteiger partial charge in [-0.3, -0.25) is 14.4 Å². The predicted octanol–water partition coefficient (Wildman–Crippen LogP) is 2.13. The minimum Gasteiger partial charge on any atom is -0.345 e. The monoisotopic (exact) mass is 411 g/mol. The summed E-state index contributed by atoms with van der Waals surface area (Å²) in [7, 11) is 0. The zero-order valence-electron chi connectivity index (χ0n) is 15.9. The highest BCUT2D eigenvalue weighted by Gasteiger charge is 2.30. The molecule has 2 fully saturated rings. The minimum absolute atomic E-state index is 0.143. The fourth-order valence-corrected chi connectivity index (χ4v) is 3.82. The number of halogens is 1. The van der Waals surface area contributed by atoms with E-state index in [1.54, 1.807) is 10.9 Å². The van der Waals surface area contributed by atoms with Crippen molar-refractivity contribution in [1.82, 2.24) is 35.0 Å². The van der Waals surface area contributed by atoms with Crippen LogP contribution in [0.25, 0.3) is 0 Å². The molecule has 1 aliphatic carbocycles. The molecule has 2 aromatic heterocycles. The number of nitrogens with zero attached hydrogens (tertiary/aromatic N) is 6. The summed E-state index contributed by atoms with van der Waals surface area (Å²) in [4.78, 5) is 14.6. The normalized spacial score (nSPS) is 17.3. The molecule has 150 valence electrons. The molecule has 1 N–H and O–H groups in total. The van der Waals surface area contributed by atoms with Crippen molar-refractivity contribution in [2.24, 2.45) is 0 Å². The number of hydrogen-bond donors (Lipinski definition) is 1. The van der Waals surface area contributed by atoms with Gasteiger partial charge in [-0.05, 0) is 30.5 Å². The SMILES string of the molecule is O=C(NC1CN(Cc2cnn(Cc3cccc(Cl)c3)c2)C1)c1cn(C2CC2)nn1. The quantitative estimate of drug-likeness (QED) is 0.644. The van der Waals surface area contributed by atoms with E-state index in [0.717, 1.165) is 48.6 Å². The molecule has 3 aromatic rings. The number of likely N-dealkylation sites (tertiary alicyclic amines) is 1. The van der Waals surface area contributed by atoms with Gasteiger partial charge >= 0.3 is 0 Å². The summed E-state index contributed by atoms with van der Waals surface area (Å²) < 4.78 is 3.71. The molecule has 3 heterocycles. The average Bonchev–Trinajstić information content (AvgIpc) is 3.22. The van der Waals surface area contributed by atoms with E-state index >= 15 is 0 Å². The van der Waals surface area contributed by atoms with E-state index in [4.69, 9.17) is 11.6 Å². The molecule has 0 atom stereocenters. The van der Waals surface area contributed by atoms with Crippen molar-refractivity contribution in [3.63, 3.8) is 0 Å². The molecule has 1 amide bonds. The number of amides is 1. The number of carbonyl (C=O) groups is 1. The van der Waals surface area contributed by atoms with E-state index in [2.05, 4.69) is 31.8 Å². The number of aromatic nitrogens is 5. The summed E-state index contributed by atoms with van der Waals surface area (Å²) in [5, 5.41) is 16.2. The van der Waals surface area contributed by atoms with E-state index < -0.39 is 0 Å². The Hall–Kier alpha value is -2.71. The van der Waals surface area contributed by atoms with Gasteiger partial charge in [0, 0.05) is 36.4 Å². The van der Waals surface area contributed by atoms with E-state index in [1.807, 2.05) is 35.1 Å². The molecule has 5 rings (SSSR count). The molecular formula is C20H22ClN7O. The summed E-state index contributed by atoms with van der Waals surface area (Å²) in [5.74, 6) is -0.143. The van der Waals surface area contributed by atoms with Gasteiger partial charge in [-0.25, -0.2) is 4.68 Å². The van der Waals surface area contributed by atoms with Crippen LogP contribution < -0.4 is 5.32 Å². The van der Waals surface area contributed by atoms with Crippen LogP contribution in [0.15, 0.2) is 42.9 Å². The van der Waals surface area contributed by atoms with Crippen molar-refractivity contribution in [3.8, 4) is 0 Å². The van der Waals surface area contributed by atoms with Crippen LogP contribution in [-0.2, 0) is 13.1 Å². The molecule has 0 spiro atoms. The second-order valence-corrected chi connectivity index (χ2v) is 8.29. The Morgan fingerprint density at radius 1 is 1.17 bits per heavy atom. The maximum Gasteiger partial charge on any atom is 0.273 e. The fraction of sp³-hybridized carbons (Fsp3) is 0.400. The first-order chi connectivity index (χ1) is 14.1. The average molecular weight is 412 g/mol. The van der Waals surface area contributed by atoms with E-state index in [9.17, 15) is 4.79 Å². The summed E-state index contributed by atoms with van der Waals surface area (Å²) in [6, 6.07) is 8.39. The minimum atomic E-state index is -0.143. The molecule has 0 radical (unpaired) electrons. The van der Waals surface area contributed by atoms with Gasteiger partial charge in [-0.15, -0.1) is 5.10 Å². The number of carbonyl (C=O) groups excluding carboxylic acids is 1. The Labute approximate surface area is 173 Å². The summed E-state index contributed by atoms with van der Waals surface area (Å²) in [6.45, 7) is 3.16. The van der Waals surface area contributed by atoms with E-state index in [0.29, 0.717) is 18.3 Å². The number of nitrogens with one attached hydrogen (secondary N) is 1. The molecule has 0 bridgehead atoms. The standard InChI is InChI=1S/C20H22ClN7O/c21-16-3-1-2-14(6-16)9-27-10-15(7-22-27)8-26-11-17(12-26)23-20(29)19-13-28(25-24-19)18-4-5-18/h1-3,6-7,10,13,17-18H,4-5,8-9,11-12H2,(H,23,29). The van der Waals surface area contributed by atoms with Crippen molar-refractivity contribution in [2.75, 3.05) is 13.1 Å². The molecule has 1 saturated heterocycles. The van der Waals surface area contributed by atoms with Crippen LogP contribution in [0.5, 0.6) is 0 Å². The third kappa shape index (κ3) is 4.33. The number of hydrogen-bond acceptors (Lipinski definition) is 5. The van der Waals surface area contributed by atoms with Crippen LogP contribution in [0.3, 0.4) is 0 Å². The summed E-state index contributed by atoms with van der Waals surface area (Å²) >= 11 is 6.04. The van der Waals surface area contributed by atoms with Crippen LogP contribution in [-0.4, -0.2) is 54.7 Å². The van der Waals surface area contributed by atoms with E-state index in [-0.39, 0.29) is 11.9 Å². The largest absolute Gasteiger partial charge is 0.345 e. The zero-order chi connectivity index (χ0) is 19.8. The fourth-order valence-electron chi connectivity index (χ4n) is 3.60. The van der Waals surface area contributed by atoms with Crippen molar-refractivity contribution in [3.05, 3.63) is 64.7 Å². The van der Waals surface area contributed by atoms with E-state index in [1.165, 1.54) is 0 Å². The maximum atomic E-state index is 12.3. The van der Waals surface area contributed by atoms with Crippen LogP contribution in [0.4, 0.5) is 0 Å². The molecule has 1 saturated carbocycles. The number of rotatable bonds is 7. The van der Waals surface area contributed by atoms with Gasteiger partial charge < -0.3 is 5.32 Å². The first-order valence-electron chi connectivity index (χ1n) is 9.83. The zero-order valence-corrected chi connectivity index (χ0v) is 16.7. The van der Waals surface area contributed by atoms with Gasteiger partial charge in [0.2, 0.25) is 0 Å². The van der Waals surface area contributed by atoms with Crippen molar-refractivity contribution in [1.29, 1.82) is 0 Å². The highest BCUT2D eigenvalue weighted by Crippen LogP contribution is 2.33. The third-order valence-corrected chi connectivity index (χ3v) is 5.52. The molecule has 8 nitrogen and oxygen atoms in total. The van der Waals surface area contributed by atoms with Gasteiger partial charge in [0.05, 0.1) is 31.0 Å². The highest BCUT2D eigenvalue weighted by molar-refractivity contribution is 6.30. The van der Waals surface area contributed by atoms with Crippen LogP contribution in [0.1, 0.15) is 40.5 Å². The lowest BCUT2D eigenvalue weighted by Gasteiger charge is -2.39. The lowest BCUT2D eigenvalue weighted by molar-refractivity contribution is 0.0790. The van der Waals surface area contributed by atoms with Crippen LogP contribution in [0.2, 0.25) is 5.02 Å².